The third-order valence-electron chi connectivity index (χ3n) is 7.26. The highest BCUT2D eigenvalue weighted by molar-refractivity contribution is 7.90. The normalized spacial score (nSPS) is 30.4. The molecule has 4 aliphatic heterocycles. The largest absolute Gasteiger partial charge is 0.361 e. The standard InChI is InChI=1S/C21H26N8O7S/c1-37(35,36)11-4-2-3-10(7-11)17(32)25-13-9-29-19(23)24-12(8-28-14(30)5-6-15(28)31)16-20(29,21(13,33)34)27-18(22)26-16/h2-4,7,12-13,16,33-34H,5-6,8-9H2,1H3,(H2,23,24)(H,25,32)(H3,22,26,27)/t12?,13-,16?,20?/m0/s1. The van der Waals surface area contributed by atoms with Crippen molar-refractivity contribution in [3.05, 3.63) is 29.8 Å². The van der Waals surface area contributed by atoms with E-state index in [1.165, 1.54) is 29.2 Å². The summed E-state index contributed by atoms with van der Waals surface area (Å²) in [7, 11) is -3.59. The molecule has 5 rings (SSSR count). The molecule has 0 aliphatic carbocycles. The van der Waals surface area contributed by atoms with E-state index in [-0.39, 0.29) is 60.1 Å². The van der Waals surface area contributed by atoms with Gasteiger partial charge in [0.15, 0.2) is 27.4 Å². The van der Waals surface area contributed by atoms with Crippen molar-refractivity contribution >= 4 is 39.5 Å². The molecule has 4 aliphatic rings. The highest BCUT2D eigenvalue weighted by Crippen LogP contribution is 2.43. The highest BCUT2D eigenvalue weighted by Gasteiger charge is 2.74. The number of likely N-dealkylation sites (tertiary alicyclic amines) is 1. The van der Waals surface area contributed by atoms with Crippen molar-refractivity contribution in [3.8, 4) is 0 Å². The van der Waals surface area contributed by atoms with E-state index in [2.05, 4.69) is 21.3 Å². The number of carbonyl (C=O) groups is 3. The Morgan fingerprint density at radius 2 is 1.86 bits per heavy atom. The Morgan fingerprint density at radius 1 is 1.19 bits per heavy atom. The maximum Gasteiger partial charge on any atom is 0.251 e. The summed E-state index contributed by atoms with van der Waals surface area (Å²) in [5.41, 5.74) is -1.94. The number of nitrogens with one attached hydrogen (secondary N) is 6. The second kappa shape index (κ2) is 8.12. The van der Waals surface area contributed by atoms with Gasteiger partial charge in [-0.3, -0.25) is 30.1 Å². The van der Waals surface area contributed by atoms with Crippen LogP contribution in [0, 0.1) is 10.8 Å². The lowest BCUT2D eigenvalue weighted by atomic mass is 9.84. The number of nitrogens with zero attached hydrogens (tertiary/aromatic N) is 2. The first-order chi connectivity index (χ1) is 17.3. The monoisotopic (exact) mass is 534 g/mol. The van der Waals surface area contributed by atoms with Crippen LogP contribution in [0.3, 0.4) is 0 Å². The van der Waals surface area contributed by atoms with Crippen molar-refractivity contribution in [2.75, 3.05) is 19.3 Å². The van der Waals surface area contributed by atoms with Gasteiger partial charge in [0.25, 0.3) is 5.91 Å². The summed E-state index contributed by atoms with van der Waals surface area (Å²) in [6.07, 6.45) is 1.12. The molecule has 1 aromatic rings. The second-order valence-corrected chi connectivity index (χ2v) is 11.6. The Bertz CT molecular complexity index is 1330. The van der Waals surface area contributed by atoms with Gasteiger partial charge < -0.3 is 36.4 Å². The van der Waals surface area contributed by atoms with Crippen LogP contribution in [0.1, 0.15) is 23.2 Å². The topological polar surface area (TPSA) is 228 Å². The molecule has 4 heterocycles. The van der Waals surface area contributed by atoms with Gasteiger partial charge in [0.1, 0.15) is 6.04 Å². The van der Waals surface area contributed by atoms with E-state index in [9.17, 15) is 33.0 Å². The van der Waals surface area contributed by atoms with Gasteiger partial charge in [-0.15, -0.1) is 0 Å². The van der Waals surface area contributed by atoms with E-state index in [0.717, 1.165) is 11.2 Å². The summed E-state index contributed by atoms with van der Waals surface area (Å²) in [5.74, 6) is -4.86. The zero-order chi connectivity index (χ0) is 26.9. The molecule has 3 unspecified atom stereocenters. The molecule has 198 valence electrons. The van der Waals surface area contributed by atoms with Gasteiger partial charge in [-0.05, 0) is 18.2 Å². The van der Waals surface area contributed by atoms with Gasteiger partial charge in [-0.1, -0.05) is 6.07 Å². The van der Waals surface area contributed by atoms with Crippen LogP contribution >= 0.6 is 0 Å². The van der Waals surface area contributed by atoms with Crippen molar-refractivity contribution in [2.45, 2.75) is 47.3 Å². The Labute approximate surface area is 211 Å². The minimum atomic E-state index is -3.59. The number of guanidine groups is 2. The molecule has 0 radical (unpaired) electrons. The molecule has 1 spiro atoms. The van der Waals surface area contributed by atoms with Crippen LogP contribution in [-0.2, 0) is 19.4 Å². The summed E-state index contributed by atoms with van der Waals surface area (Å²) in [6.45, 7) is -0.434. The minimum Gasteiger partial charge on any atom is -0.361 e. The van der Waals surface area contributed by atoms with Crippen LogP contribution in [-0.4, -0.2) is 107 Å². The number of imide groups is 1. The SMILES string of the molecule is CS(=O)(=O)c1cccc(C(=O)N[C@H]2CN3C(=N)NC(CN4C(=O)CCC4=O)C4NC(=N)NC43C2(O)O)c1. The lowest BCUT2D eigenvalue weighted by Crippen LogP contribution is -2.81. The van der Waals surface area contributed by atoms with Gasteiger partial charge in [0.05, 0.1) is 23.5 Å². The fourth-order valence-electron chi connectivity index (χ4n) is 5.47. The number of sulfone groups is 1. The zero-order valence-electron chi connectivity index (χ0n) is 19.6. The maximum atomic E-state index is 13.0. The zero-order valence-corrected chi connectivity index (χ0v) is 20.4. The van der Waals surface area contributed by atoms with Crippen LogP contribution in [0.4, 0.5) is 0 Å². The van der Waals surface area contributed by atoms with Gasteiger partial charge in [0.2, 0.25) is 17.6 Å². The van der Waals surface area contributed by atoms with Crippen molar-refractivity contribution in [1.29, 1.82) is 10.8 Å². The lowest BCUT2D eigenvalue weighted by molar-refractivity contribution is -0.232. The van der Waals surface area contributed by atoms with Crippen LogP contribution in [0.25, 0.3) is 0 Å². The predicted molar refractivity (Wildman–Crippen MR) is 126 cm³/mol. The third kappa shape index (κ3) is 3.70. The van der Waals surface area contributed by atoms with E-state index < -0.39 is 45.3 Å². The first kappa shape index (κ1) is 24.9. The predicted octanol–water partition coefficient (Wildman–Crippen LogP) is -3.57. The molecule has 15 nitrogen and oxygen atoms in total. The molecule has 0 saturated carbocycles. The van der Waals surface area contributed by atoms with Gasteiger partial charge in [-0.25, -0.2) is 8.42 Å². The number of hydrogen-bond donors (Lipinski definition) is 8. The molecule has 3 amide bonds. The maximum absolute atomic E-state index is 13.0. The summed E-state index contributed by atoms with van der Waals surface area (Å²) in [4.78, 5) is 39.6. The molecule has 16 heteroatoms. The van der Waals surface area contributed by atoms with Gasteiger partial charge >= 0.3 is 0 Å². The lowest BCUT2D eigenvalue weighted by Gasteiger charge is -2.51. The smallest absolute Gasteiger partial charge is 0.251 e. The van der Waals surface area contributed by atoms with E-state index in [4.69, 9.17) is 10.8 Å². The fourth-order valence-corrected chi connectivity index (χ4v) is 6.13. The molecule has 4 fully saturated rings. The Hall–Kier alpha value is -3.76. The molecule has 4 saturated heterocycles. The molecule has 4 atom stereocenters. The Morgan fingerprint density at radius 3 is 2.51 bits per heavy atom. The number of hydrogen-bond acceptors (Lipinski definition) is 9. The number of rotatable bonds is 5. The van der Waals surface area contributed by atoms with Crippen molar-refractivity contribution < 1.29 is 33.0 Å². The average Bonchev–Trinajstić information content (AvgIpc) is 3.41. The van der Waals surface area contributed by atoms with Crippen LogP contribution in [0.15, 0.2) is 29.2 Å². The highest BCUT2D eigenvalue weighted by atomic mass is 32.2. The average molecular weight is 535 g/mol. The van der Waals surface area contributed by atoms with Gasteiger partial charge in [0, 0.05) is 31.2 Å². The molecule has 37 heavy (non-hydrogen) atoms. The molecule has 0 aromatic heterocycles. The van der Waals surface area contributed by atoms with Crippen molar-refractivity contribution in [3.63, 3.8) is 0 Å². The number of aliphatic hydroxyl groups is 2. The first-order valence-corrected chi connectivity index (χ1v) is 13.3. The molecule has 8 N–H and O–H groups in total. The van der Waals surface area contributed by atoms with Crippen LogP contribution < -0.4 is 21.3 Å². The summed E-state index contributed by atoms with van der Waals surface area (Å²) in [5, 5.41) is 50.4. The number of carbonyl (C=O) groups excluding carboxylic acids is 3. The second-order valence-electron chi connectivity index (χ2n) is 9.55. The molecule has 0 bridgehead atoms. The fraction of sp³-hybridized carbons (Fsp3) is 0.476. The van der Waals surface area contributed by atoms with E-state index in [0.29, 0.717) is 0 Å². The van der Waals surface area contributed by atoms with Crippen LogP contribution in [0.5, 0.6) is 0 Å². The van der Waals surface area contributed by atoms with Crippen LogP contribution in [0.2, 0.25) is 0 Å². The Balaban J connectivity index is 1.45. The molecular formula is C21H26N8O7S. The number of benzene rings is 1. The third-order valence-corrected chi connectivity index (χ3v) is 8.37. The van der Waals surface area contributed by atoms with Crippen molar-refractivity contribution in [2.24, 2.45) is 0 Å². The Kier molecular flexibility index (Phi) is 5.47. The van der Waals surface area contributed by atoms with Gasteiger partial charge in [-0.2, -0.15) is 0 Å². The summed E-state index contributed by atoms with van der Waals surface area (Å²) < 4.78 is 23.8. The van der Waals surface area contributed by atoms with Crippen molar-refractivity contribution in [1.82, 2.24) is 31.1 Å². The first-order valence-electron chi connectivity index (χ1n) is 11.4. The quantitative estimate of drug-likeness (QED) is 0.136. The summed E-state index contributed by atoms with van der Waals surface area (Å²) in [6, 6.07) is 1.98. The molecule has 1 aromatic carbocycles. The number of amides is 3. The van der Waals surface area contributed by atoms with E-state index in [1.54, 1.807) is 0 Å². The van der Waals surface area contributed by atoms with E-state index >= 15 is 0 Å². The molecular weight excluding hydrogens is 508 g/mol. The summed E-state index contributed by atoms with van der Waals surface area (Å²) >= 11 is 0. The van der Waals surface area contributed by atoms with E-state index in [1.807, 2.05) is 0 Å². The minimum absolute atomic E-state index is 0.0277.